The molecule has 0 spiro atoms. The van der Waals surface area contributed by atoms with Crippen LogP contribution < -0.4 is 123 Å². The van der Waals surface area contributed by atoms with Gasteiger partial charge in [0.25, 0.3) is 0 Å². The minimum absolute atomic E-state index is 0.0314. The maximum atomic E-state index is 14.1. The largest absolute Gasteiger partial charge is 0.378 e. The highest BCUT2D eigenvalue weighted by Gasteiger charge is 2.39. The number of rotatable bonds is 66. The molecular formula is C55H108N22O25S. The highest BCUT2D eigenvalue weighted by molar-refractivity contribution is 7.80. The van der Waals surface area contributed by atoms with E-state index < -0.39 is 158 Å². The number of hydrazine groups is 9. The Morgan fingerprint density at radius 2 is 0.301 bits per heavy atom. The van der Waals surface area contributed by atoms with Gasteiger partial charge in [-0.25, -0.2) is 52.6 Å². The minimum atomic E-state index is -1.74. The van der Waals surface area contributed by atoms with Crippen LogP contribution in [-0.2, 0) is 119 Å². The molecule has 0 rings (SSSR count). The second-order valence-electron chi connectivity index (χ2n) is 22.5. The molecule has 0 aliphatic heterocycles. The second kappa shape index (κ2) is 58.9. The van der Waals surface area contributed by atoms with Crippen molar-refractivity contribution < 1.29 is 119 Å². The zero-order valence-electron chi connectivity index (χ0n) is 57.7. The summed E-state index contributed by atoms with van der Waals surface area (Å²) in [5.74, 6) is 39.1. The van der Waals surface area contributed by atoms with Gasteiger partial charge < -0.3 is 78.1 Å². The van der Waals surface area contributed by atoms with Crippen LogP contribution in [0, 0.1) is 0 Å². The fraction of sp³-hybridized carbons (Fsp3) is 0.764. The van der Waals surface area contributed by atoms with Gasteiger partial charge in [-0.3, -0.25) is 111 Å². The maximum Gasteiger partial charge on any atom is 0.236 e. The molecule has 0 aromatic carbocycles. The summed E-state index contributed by atoms with van der Waals surface area (Å²) in [5, 5.41) is 11.2. The summed E-state index contributed by atoms with van der Waals surface area (Å²) < 4.78 is 70.4. The summed E-state index contributed by atoms with van der Waals surface area (Å²) in [5.41, 5.74) is 11.2. The van der Waals surface area contributed by atoms with Gasteiger partial charge in [-0.1, -0.05) is 0 Å². The Morgan fingerprint density at radius 3 is 0.408 bits per heavy atom. The maximum absolute atomic E-state index is 14.1. The van der Waals surface area contributed by atoms with Gasteiger partial charge in [-0.05, 0) is 5.75 Å². The molecular weight excluding hydrogens is 1400 g/mol. The molecule has 0 radical (unpaired) electrons. The van der Waals surface area contributed by atoms with E-state index >= 15 is 0 Å². The van der Waals surface area contributed by atoms with Gasteiger partial charge in [0.05, 0.1) is 216 Å². The van der Waals surface area contributed by atoms with E-state index in [-0.39, 0.29) is 189 Å². The first-order valence-electron chi connectivity index (χ1n) is 32.1. The Kier molecular flexibility index (Phi) is 54.7. The van der Waals surface area contributed by atoms with Crippen LogP contribution in [0.4, 0.5) is 0 Å². The quantitative estimate of drug-likeness (QED) is 0.00884. The van der Waals surface area contributed by atoms with Crippen LogP contribution in [0.3, 0.4) is 0 Å². The Labute approximate surface area is 599 Å². The van der Waals surface area contributed by atoms with Gasteiger partial charge in [0.15, 0.2) is 0 Å². The second-order valence-corrected chi connectivity index (χ2v) is 23.0. The van der Waals surface area contributed by atoms with Crippen molar-refractivity contribution in [2.24, 2.45) is 52.6 Å². The molecule has 0 unspecified atom stereocenters. The van der Waals surface area contributed by atoms with Gasteiger partial charge in [-0.2, -0.15) is 12.6 Å². The van der Waals surface area contributed by atoms with Crippen molar-refractivity contribution in [2.45, 2.75) is 106 Å². The molecule has 103 heavy (non-hydrogen) atoms. The first kappa shape index (κ1) is 95.6. The monoisotopic (exact) mass is 1510 g/mol. The van der Waals surface area contributed by atoms with E-state index in [1.54, 1.807) is 0 Å². The molecule has 0 aromatic heterocycles. The Hall–Kier alpha value is -7.38. The molecule has 31 N–H and O–H groups in total. The molecule has 0 fully saturated rings. The van der Waals surface area contributed by atoms with Crippen molar-refractivity contribution in [1.82, 2.24) is 70.1 Å². The van der Waals surface area contributed by atoms with E-state index in [0.29, 0.717) is 0 Å². The first-order valence-corrected chi connectivity index (χ1v) is 32.7. The van der Waals surface area contributed by atoms with Crippen molar-refractivity contribution in [2.75, 3.05) is 164 Å². The fourth-order valence-corrected chi connectivity index (χ4v) is 8.51. The number of hydrogen-bond acceptors (Lipinski definition) is 35. The van der Waals surface area contributed by atoms with Crippen LogP contribution in [0.25, 0.3) is 0 Å². The topological polar surface area (TPSA) is 723 Å². The lowest BCUT2D eigenvalue weighted by Crippen LogP contribution is -2.60. The Morgan fingerprint density at radius 1 is 0.194 bits per heavy atom. The first-order chi connectivity index (χ1) is 49.3. The highest BCUT2D eigenvalue weighted by Crippen LogP contribution is 2.17. The zero-order valence-corrected chi connectivity index (χ0v) is 58.6. The third kappa shape index (κ3) is 48.3. The van der Waals surface area contributed by atoms with Gasteiger partial charge in [0.2, 0.25) is 76.8 Å². The lowest BCUT2D eigenvalue weighted by atomic mass is 10.0. The third-order valence-corrected chi connectivity index (χ3v) is 13.9. The van der Waals surface area contributed by atoms with Crippen LogP contribution in [0.1, 0.15) is 83.5 Å². The van der Waals surface area contributed by atoms with Crippen LogP contribution in [0.15, 0.2) is 0 Å². The van der Waals surface area contributed by atoms with E-state index in [0.717, 1.165) is 0 Å². The number of ether oxygens (including phenoxy) is 12. The standard InChI is InChI=1S/C55H108N22O25S/c56-69-43(82)4-17-94-27-52(28-95-18-5-44(83)70-57,29-96-19-6-45(84)71-58)65-39(78)1-14-91-36-55(68-42(81)13-26-103,37-92-15-2-40(79)66-53(30-97-20-7-46(85)72-59,31-98-21-8-47(86)73-60)32-99-22-9-48(87)74-61)38-93-16-3-41(80)67-54(33-100-23-10-49(88)75-62,34-101-24-11-50(89)76-63)35-102-25-12-51(90)77-64/h103H,1-38,56-64H2,(H,65,78)(H,66,79)(H,67,80)(H,68,81)(H,69,82)(H,70,83)(H,71,84)(H,72,85)(H,73,86)(H,74,87)(H,75,88)(H,76,89)(H,77,90). The smallest absolute Gasteiger partial charge is 0.236 e. The van der Waals surface area contributed by atoms with Gasteiger partial charge in [-0.15, -0.1) is 0 Å². The SMILES string of the molecule is NNC(=O)CCOCC(COCCC(=O)NN)(COCCC(=O)NN)NC(=O)CCOCC(COCCC(=O)NC(COCCC(=O)NN)(COCCC(=O)NN)COCCC(=O)NN)(COCCC(=O)NC(COCCC(=O)NN)(COCCC(=O)NN)COCCC(=O)NN)NC(=O)CCS. The van der Waals surface area contributed by atoms with Crippen LogP contribution in [0.5, 0.6) is 0 Å². The summed E-state index contributed by atoms with van der Waals surface area (Å²) in [4.78, 5) is 164. The van der Waals surface area contributed by atoms with E-state index in [4.69, 9.17) is 109 Å². The Bertz CT molecular complexity index is 2100. The number of nitrogens with one attached hydrogen (secondary N) is 13. The van der Waals surface area contributed by atoms with Crippen LogP contribution in [0.2, 0.25) is 0 Å². The van der Waals surface area contributed by atoms with Gasteiger partial charge in [0.1, 0.15) is 22.2 Å². The molecule has 0 bridgehead atoms. The number of carbonyl (C=O) groups is 13. The molecule has 0 heterocycles. The van der Waals surface area contributed by atoms with Crippen molar-refractivity contribution in [3.05, 3.63) is 0 Å². The Balaban J connectivity index is 7.52. The molecule has 0 atom stereocenters. The minimum Gasteiger partial charge on any atom is -0.378 e. The molecule has 0 saturated carbocycles. The van der Waals surface area contributed by atoms with Crippen molar-refractivity contribution in [3.8, 4) is 0 Å². The highest BCUT2D eigenvalue weighted by atomic mass is 32.1. The molecule has 594 valence electrons. The molecule has 13 amide bonds. The van der Waals surface area contributed by atoms with Gasteiger partial charge >= 0.3 is 0 Å². The number of thiol groups is 1. The molecule has 0 aromatic rings. The molecule has 0 aliphatic carbocycles. The summed E-state index contributed by atoms with van der Waals surface area (Å²) in [6.45, 7) is -8.05. The predicted molar refractivity (Wildman–Crippen MR) is 358 cm³/mol. The molecule has 47 nitrogen and oxygen atoms in total. The summed E-state index contributed by atoms with van der Waals surface area (Å²) in [7, 11) is 0. The van der Waals surface area contributed by atoms with E-state index in [1.165, 1.54) is 0 Å². The average Bonchev–Trinajstić information content (AvgIpc) is 0.872. The summed E-state index contributed by atoms with van der Waals surface area (Å²) >= 11 is 4.22. The summed E-state index contributed by atoms with van der Waals surface area (Å²) in [6, 6.07) is 0. The van der Waals surface area contributed by atoms with Crippen LogP contribution in [-0.4, -0.2) is 263 Å². The number of hydrogen-bond donors (Lipinski definition) is 23. The number of carbonyl (C=O) groups excluding carboxylic acids is 13. The molecule has 0 saturated heterocycles. The van der Waals surface area contributed by atoms with Crippen molar-refractivity contribution in [3.63, 3.8) is 0 Å². The lowest BCUT2D eigenvalue weighted by molar-refractivity contribution is -0.134. The number of amides is 13. The normalized spacial score (nSPS) is 11.5. The third-order valence-electron chi connectivity index (χ3n) is 13.6. The van der Waals surface area contributed by atoms with Gasteiger partial charge in [0, 0.05) is 25.7 Å². The van der Waals surface area contributed by atoms with E-state index in [1.807, 2.05) is 48.8 Å². The van der Waals surface area contributed by atoms with Crippen molar-refractivity contribution >= 4 is 89.4 Å². The molecule has 48 heteroatoms. The predicted octanol–water partition coefficient (Wildman–Crippen LogP) is -12.5. The summed E-state index contributed by atoms with van der Waals surface area (Å²) in [6.07, 6.45) is -3.36. The number of nitrogens with two attached hydrogens (primary N) is 9. The van der Waals surface area contributed by atoms with E-state index in [9.17, 15) is 62.3 Å². The zero-order chi connectivity index (χ0) is 77.1. The van der Waals surface area contributed by atoms with E-state index in [2.05, 4.69) is 33.9 Å². The lowest BCUT2D eigenvalue weighted by Gasteiger charge is -2.36. The molecule has 0 aliphatic rings. The van der Waals surface area contributed by atoms with Crippen molar-refractivity contribution in [1.29, 1.82) is 0 Å². The fourth-order valence-electron chi connectivity index (χ4n) is 8.31. The average molecular weight is 1510 g/mol. The van der Waals surface area contributed by atoms with Crippen LogP contribution >= 0.6 is 12.6 Å².